The molecule has 2 nitrogen and oxygen atoms in total. The van der Waals surface area contributed by atoms with Gasteiger partial charge in [-0.3, -0.25) is 4.79 Å². The zero-order valence-corrected chi connectivity index (χ0v) is 10.0. The fourth-order valence-corrected chi connectivity index (χ4v) is 2.11. The molecule has 0 aliphatic rings. The third-order valence-corrected chi connectivity index (χ3v) is 2.61. The van der Waals surface area contributed by atoms with Crippen molar-refractivity contribution in [3.05, 3.63) is 33.8 Å². The normalized spacial score (nSPS) is 12.9. The average molecular weight is 247 g/mol. The Kier molecular flexibility index (Phi) is 4.00. The quantitative estimate of drug-likeness (QED) is 0.881. The van der Waals surface area contributed by atoms with Gasteiger partial charge in [0, 0.05) is 10.0 Å². The molecule has 0 radical (unpaired) electrons. The summed E-state index contributed by atoms with van der Waals surface area (Å²) >= 11 is 11.7. The van der Waals surface area contributed by atoms with E-state index in [2.05, 4.69) is 0 Å². The first-order valence-electron chi connectivity index (χ1n) is 4.60. The van der Waals surface area contributed by atoms with Gasteiger partial charge in [-0.15, -0.1) is 0 Å². The Hall–Kier alpha value is -0.730. The first-order valence-corrected chi connectivity index (χ1v) is 5.36. The number of hydrogen-bond acceptors (Lipinski definition) is 1. The molecule has 1 unspecified atom stereocenters. The van der Waals surface area contributed by atoms with Gasteiger partial charge in [0.05, 0.1) is 5.92 Å². The molecule has 1 N–H and O–H groups in total. The van der Waals surface area contributed by atoms with Gasteiger partial charge in [-0.2, -0.15) is 0 Å². The van der Waals surface area contributed by atoms with Gasteiger partial charge in [-0.1, -0.05) is 37.0 Å². The largest absolute Gasteiger partial charge is 0.481 e. The lowest BCUT2D eigenvalue weighted by Gasteiger charge is -2.17. The molecule has 0 heterocycles. The van der Waals surface area contributed by atoms with Crippen LogP contribution in [0.3, 0.4) is 0 Å². The van der Waals surface area contributed by atoms with E-state index in [1.807, 2.05) is 13.8 Å². The molecule has 0 fully saturated rings. The molecule has 0 bridgehead atoms. The maximum Gasteiger partial charge on any atom is 0.311 e. The first kappa shape index (κ1) is 12.3. The highest BCUT2D eigenvalue weighted by atomic mass is 35.5. The average Bonchev–Trinajstić information content (AvgIpc) is 1.99. The summed E-state index contributed by atoms with van der Waals surface area (Å²) in [5, 5.41) is 10.0. The van der Waals surface area contributed by atoms with E-state index in [1.165, 1.54) is 0 Å². The molecule has 0 aliphatic carbocycles. The number of carboxylic acid groups (broad SMARTS) is 1. The smallest absolute Gasteiger partial charge is 0.311 e. The summed E-state index contributed by atoms with van der Waals surface area (Å²) in [6.07, 6.45) is 0. The molecule has 82 valence electrons. The molecular formula is C11H12Cl2O2. The van der Waals surface area contributed by atoms with Crippen LogP contribution >= 0.6 is 23.2 Å². The Morgan fingerprint density at radius 3 is 2.00 bits per heavy atom. The van der Waals surface area contributed by atoms with Gasteiger partial charge in [0.15, 0.2) is 0 Å². The number of halogens is 2. The van der Waals surface area contributed by atoms with Crippen LogP contribution in [0.1, 0.15) is 25.3 Å². The minimum Gasteiger partial charge on any atom is -0.481 e. The van der Waals surface area contributed by atoms with Gasteiger partial charge in [0.2, 0.25) is 0 Å². The van der Waals surface area contributed by atoms with Gasteiger partial charge >= 0.3 is 5.97 Å². The van der Waals surface area contributed by atoms with Crippen LogP contribution in [0.5, 0.6) is 0 Å². The van der Waals surface area contributed by atoms with Crippen molar-refractivity contribution in [2.24, 2.45) is 5.92 Å². The lowest BCUT2D eigenvalue weighted by atomic mass is 9.89. The molecule has 1 atom stereocenters. The van der Waals surface area contributed by atoms with Crippen molar-refractivity contribution in [1.82, 2.24) is 0 Å². The Bertz CT molecular complexity index is 355. The maximum atomic E-state index is 11.1. The molecule has 4 heteroatoms. The predicted octanol–water partition coefficient (Wildman–Crippen LogP) is 3.82. The number of carbonyl (C=O) groups is 1. The van der Waals surface area contributed by atoms with Crippen molar-refractivity contribution in [2.75, 3.05) is 0 Å². The molecule has 0 aromatic heterocycles. The van der Waals surface area contributed by atoms with Crippen LogP contribution in [0.15, 0.2) is 18.2 Å². The zero-order chi connectivity index (χ0) is 11.6. The van der Waals surface area contributed by atoms with E-state index in [0.29, 0.717) is 15.6 Å². The Balaban J connectivity index is 3.17. The summed E-state index contributed by atoms with van der Waals surface area (Å²) in [6.45, 7) is 3.71. The van der Waals surface area contributed by atoms with Gasteiger partial charge in [0.1, 0.15) is 0 Å². The second-order valence-electron chi connectivity index (χ2n) is 3.76. The summed E-state index contributed by atoms with van der Waals surface area (Å²) in [4.78, 5) is 11.1. The lowest BCUT2D eigenvalue weighted by molar-refractivity contribution is -0.139. The molecule has 0 saturated carbocycles. The number of aliphatic carboxylic acids is 1. The molecular weight excluding hydrogens is 235 g/mol. The van der Waals surface area contributed by atoms with E-state index in [0.717, 1.165) is 0 Å². The molecule has 0 saturated heterocycles. The van der Waals surface area contributed by atoms with Crippen molar-refractivity contribution >= 4 is 29.2 Å². The molecule has 15 heavy (non-hydrogen) atoms. The molecule has 0 aliphatic heterocycles. The molecule has 0 amide bonds. The minimum atomic E-state index is -0.858. The van der Waals surface area contributed by atoms with Crippen LogP contribution in [-0.2, 0) is 4.79 Å². The fraction of sp³-hybridized carbons (Fsp3) is 0.364. The summed E-state index contributed by atoms with van der Waals surface area (Å²) < 4.78 is 0. The van der Waals surface area contributed by atoms with Crippen LogP contribution in [0.2, 0.25) is 10.0 Å². The molecule has 1 rings (SSSR count). The highest BCUT2D eigenvalue weighted by molar-refractivity contribution is 6.34. The van der Waals surface area contributed by atoms with Gasteiger partial charge in [-0.05, 0) is 29.7 Å². The van der Waals surface area contributed by atoms with Crippen molar-refractivity contribution < 1.29 is 9.90 Å². The summed E-state index contributed by atoms with van der Waals surface area (Å²) in [5.74, 6) is -1.43. The van der Waals surface area contributed by atoms with Crippen molar-refractivity contribution in [3.63, 3.8) is 0 Å². The third kappa shape index (κ3) is 3.11. The highest BCUT2D eigenvalue weighted by Gasteiger charge is 2.24. The topological polar surface area (TPSA) is 37.3 Å². The van der Waals surface area contributed by atoms with Crippen LogP contribution in [0.4, 0.5) is 0 Å². The SMILES string of the molecule is CC(C)C(C(=O)O)c1cc(Cl)cc(Cl)c1. The van der Waals surface area contributed by atoms with Gasteiger partial charge in [0.25, 0.3) is 0 Å². The van der Waals surface area contributed by atoms with Crippen LogP contribution in [0.25, 0.3) is 0 Å². The van der Waals surface area contributed by atoms with Gasteiger partial charge in [-0.25, -0.2) is 0 Å². The van der Waals surface area contributed by atoms with E-state index in [-0.39, 0.29) is 5.92 Å². The lowest BCUT2D eigenvalue weighted by Crippen LogP contribution is -2.17. The van der Waals surface area contributed by atoms with Crippen LogP contribution in [0, 0.1) is 5.92 Å². The fourth-order valence-electron chi connectivity index (χ4n) is 1.57. The van der Waals surface area contributed by atoms with Crippen molar-refractivity contribution in [2.45, 2.75) is 19.8 Å². The second kappa shape index (κ2) is 4.86. The van der Waals surface area contributed by atoms with E-state index >= 15 is 0 Å². The van der Waals surface area contributed by atoms with Crippen molar-refractivity contribution in [3.8, 4) is 0 Å². The number of benzene rings is 1. The van der Waals surface area contributed by atoms with Crippen LogP contribution < -0.4 is 0 Å². The molecule has 1 aromatic rings. The maximum absolute atomic E-state index is 11.1. The van der Waals surface area contributed by atoms with E-state index in [9.17, 15) is 4.79 Å². The van der Waals surface area contributed by atoms with E-state index in [1.54, 1.807) is 18.2 Å². The number of hydrogen-bond donors (Lipinski definition) is 1. The van der Waals surface area contributed by atoms with E-state index < -0.39 is 11.9 Å². The standard InChI is InChI=1S/C11H12Cl2O2/c1-6(2)10(11(14)15)7-3-8(12)5-9(13)4-7/h3-6,10H,1-2H3,(H,14,15). The summed E-state index contributed by atoms with van der Waals surface area (Å²) in [5.41, 5.74) is 0.648. The number of rotatable bonds is 3. The third-order valence-electron chi connectivity index (χ3n) is 2.18. The minimum absolute atomic E-state index is 0.00275. The van der Waals surface area contributed by atoms with Crippen molar-refractivity contribution in [1.29, 1.82) is 0 Å². The van der Waals surface area contributed by atoms with Gasteiger partial charge < -0.3 is 5.11 Å². The predicted molar refractivity (Wildman–Crippen MR) is 61.7 cm³/mol. The van der Waals surface area contributed by atoms with Crippen LogP contribution in [-0.4, -0.2) is 11.1 Å². The Labute approximate surface area is 98.8 Å². The second-order valence-corrected chi connectivity index (χ2v) is 4.64. The van der Waals surface area contributed by atoms with E-state index in [4.69, 9.17) is 28.3 Å². The summed E-state index contributed by atoms with van der Waals surface area (Å²) in [7, 11) is 0. The number of carboxylic acids is 1. The Morgan fingerprint density at radius 1 is 1.20 bits per heavy atom. The molecule has 1 aromatic carbocycles. The zero-order valence-electron chi connectivity index (χ0n) is 8.50. The molecule has 0 spiro atoms. The Morgan fingerprint density at radius 2 is 1.67 bits per heavy atom. The monoisotopic (exact) mass is 246 g/mol. The first-order chi connectivity index (χ1) is 6.91. The highest BCUT2D eigenvalue weighted by Crippen LogP contribution is 2.29. The summed E-state index contributed by atoms with van der Waals surface area (Å²) in [6, 6.07) is 4.88.